The largest absolute Gasteiger partial charge is 0.348 e. The summed E-state index contributed by atoms with van der Waals surface area (Å²) >= 11 is 5.94. The number of carbonyl (C=O) groups is 1. The highest BCUT2D eigenvalue weighted by atomic mass is 35.5. The van der Waals surface area contributed by atoms with Crippen LogP contribution in [-0.4, -0.2) is 18.5 Å². The van der Waals surface area contributed by atoms with Crippen molar-refractivity contribution in [3.63, 3.8) is 0 Å². The molecule has 0 fully saturated rings. The number of aryl methyl sites for hydroxylation is 1. The Labute approximate surface area is 114 Å². The Hall–Kier alpha value is -1.06. The Morgan fingerprint density at radius 1 is 1.44 bits per heavy atom. The van der Waals surface area contributed by atoms with Crippen LogP contribution in [0.3, 0.4) is 0 Å². The first kappa shape index (κ1) is 15.0. The molecule has 0 aliphatic carbocycles. The molecule has 3 nitrogen and oxygen atoms in total. The monoisotopic (exact) mass is 268 g/mol. The summed E-state index contributed by atoms with van der Waals surface area (Å²) in [5.41, 5.74) is 7.14. The van der Waals surface area contributed by atoms with Gasteiger partial charge in [-0.05, 0) is 36.1 Å². The number of nitrogens with one attached hydrogen (secondary N) is 1. The topological polar surface area (TPSA) is 55.1 Å². The molecule has 1 aromatic carbocycles. The van der Waals surface area contributed by atoms with Gasteiger partial charge in [0.25, 0.3) is 5.91 Å². The molecule has 1 aromatic rings. The predicted octanol–water partition coefficient (Wildman–Crippen LogP) is 2.75. The van der Waals surface area contributed by atoms with Gasteiger partial charge in [-0.1, -0.05) is 32.4 Å². The summed E-state index contributed by atoms with van der Waals surface area (Å²) in [4.78, 5) is 12.1. The van der Waals surface area contributed by atoms with Crippen molar-refractivity contribution >= 4 is 17.5 Å². The minimum absolute atomic E-state index is 0.0546. The molecule has 100 valence electrons. The van der Waals surface area contributed by atoms with Crippen LogP contribution in [0.25, 0.3) is 0 Å². The van der Waals surface area contributed by atoms with E-state index in [1.54, 1.807) is 18.2 Å². The molecule has 18 heavy (non-hydrogen) atoms. The normalized spacial score (nSPS) is 13.2. The van der Waals surface area contributed by atoms with E-state index >= 15 is 0 Å². The number of rotatable bonds is 3. The van der Waals surface area contributed by atoms with Crippen molar-refractivity contribution in [2.75, 3.05) is 6.54 Å². The molecule has 1 rings (SSSR count). The lowest BCUT2D eigenvalue weighted by Crippen LogP contribution is -2.48. The van der Waals surface area contributed by atoms with Crippen LogP contribution in [0, 0.1) is 12.3 Å². The first-order valence-corrected chi connectivity index (χ1v) is 6.40. The summed E-state index contributed by atoms with van der Waals surface area (Å²) in [5, 5.41) is 3.63. The van der Waals surface area contributed by atoms with Gasteiger partial charge < -0.3 is 11.1 Å². The lowest BCUT2D eigenvalue weighted by atomic mass is 9.86. The van der Waals surface area contributed by atoms with Crippen molar-refractivity contribution in [2.45, 2.75) is 33.7 Å². The first-order chi connectivity index (χ1) is 8.25. The summed E-state index contributed by atoms with van der Waals surface area (Å²) < 4.78 is 0. The Morgan fingerprint density at radius 2 is 2.06 bits per heavy atom. The van der Waals surface area contributed by atoms with Gasteiger partial charge in [-0.25, -0.2) is 0 Å². The van der Waals surface area contributed by atoms with Gasteiger partial charge in [0.15, 0.2) is 0 Å². The molecular weight excluding hydrogens is 248 g/mol. The van der Waals surface area contributed by atoms with Crippen molar-refractivity contribution in [1.29, 1.82) is 0 Å². The second-order valence-electron chi connectivity index (χ2n) is 5.59. The number of halogens is 1. The van der Waals surface area contributed by atoms with E-state index in [2.05, 4.69) is 26.1 Å². The third-order valence-electron chi connectivity index (χ3n) is 3.01. The molecule has 1 amide bonds. The zero-order valence-electron chi connectivity index (χ0n) is 11.4. The lowest BCUT2D eigenvalue weighted by molar-refractivity contribution is 0.0905. The highest BCUT2D eigenvalue weighted by Gasteiger charge is 2.25. The molecule has 0 aliphatic heterocycles. The fourth-order valence-electron chi connectivity index (χ4n) is 1.66. The summed E-state index contributed by atoms with van der Waals surface area (Å²) in [5.74, 6) is -0.111. The predicted molar refractivity (Wildman–Crippen MR) is 76.0 cm³/mol. The minimum Gasteiger partial charge on any atom is -0.348 e. The first-order valence-electron chi connectivity index (χ1n) is 6.02. The van der Waals surface area contributed by atoms with Gasteiger partial charge in [-0.15, -0.1) is 0 Å². The van der Waals surface area contributed by atoms with E-state index in [1.165, 1.54) is 0 Å². The SMILES string of the molecule is Cc1cc(C(=O)NC(CN)C(C)(C)C)ccc1Cl. The van der Waals surface area contributed by atoms with Crippen molar-refractivity contribution in [3.05, 3.63) is 34.3 Å². The van der Waals surface area contributed by atoms with Gasteiger partial charge >= 0.3 is 0 Å². The van der Waals surface area contributed by atoms with Crippen LogP contribution in [0.2, 0.25) is 5.02 Å². The second-order valence-corrected chi connectivity index (χ2v) is 6.00. The summed E-state index contributed by atoms with van der Waals surface area (Å²) in [6.45, 7) is 8.46. The zero-order chi connectivity index (χ0) is 13.9. The highest BCUT2D eigenvalue weighted by Crippen LogP contribution is 2.20. The average Bonchev–Trinajstić information content (AvgIpc) is 2.27. The lowest BCUT2D eigenvalue weighted by Gasteiger charge is -2.30. The maximum atomic E-state index is 12.1. The summed E-state index contributed by atoms with van der Waals surface area (Å²) in [6.07, 6.45) is 0. The van der Waals surface area contributed by atoms with E-state index in [0.29, 0.717) is 17.1 Å². The van der Waals surface area contributed by atoms with Crippen LogP contribution in [0.15, 0.2) is 18.2 Å². The van der Waals surface area contributed by atoms with Gasteiger partial charge in [0.05, 0.1) is 0 Å². The molecule has 0 radical (unpaired) electrons. The van der Waals surface area contributed by atoms with E-state index < -0.39 is 0 Å². The third-order valence-corrected chi connectivity index (χ3v) is 3.43. The molecule has 0 heterocycles. The standard InChI is InChI=1S/C14H21ClN2O/c1-9-7-10(5-6-11(9)15)13(18)17-12(8-16)14(2,3)4/h5-7,12H,8,16H2,1-4H3,(H,17,18). The smallest absolute Gasteiger partial charge is 0.251 e. The molecule has 0 aromatic heterocycles. The van der Waals surface area contributed by atoms with Crippen LogP contribution < -0.4 is 11.1 Å². The van der Waals surface area contributed by atoms with E-state index in [4.69, 9.17) is 17.3 Å². The molecule has 4 heteroatoms. The van der Waals surface area contributed by atoms with Crippen molar-refractivity contribution < 1.29 is 4.79 Å². The number of carbonyl (C=O) groups excluding carboxylic acids is 1. The van der Waals surface area contributed by atoms with Gasteiger partial charge in [0.2, 0.25) is 0 Å². The minimum atomic E-state index is -0.111. The molecule has 0 bridgehead atoms. The average molecular weight is 269 g/mol. The van der Waals surface area contributed by atoms with Crippen molar-refractivity contribution in [1.82, 2.24) is 5.32 Å². The fraction of sp³-hybridized carbons (Fsp3) is 0.500. The number of nitrogens with two attached hydrogens (primary N) is 1. The highest BCUT2D eigenvalue weighted by molar-refractivity contribution is 6.31. The van der Waals surface area contributed by atoms with Crippen LogP contribution in [-0.2, 0) is 0 Å². The Balaban J connectivity index is 2.85. The fourth-order valence-corrected chi connectivity index (χ4v) is 1.77. The van der Waals surface area contributed by atoms with Crippen LogP contribution in [0.5, 0.6) is 0 Å². The van der Waals surface area contributed by atoms with Gasteiger partial charge in [0, 0.05) is 23.2 Å². The third kappa shape index (κ3) is 3.72. The van der Waals surface area contributed by atoms with Crippen LogP contribution in [0.1, 0.15) is 36.7 Å². The van der Waals surface area contributed by atoms with Gasteiger partial charge in [-0.3, -0.25) is 4.79 Å². The van der Waals surface area contributed by atoms with E-state index in [-0.39, 0.29) is 17.4 Å². The van der Waals surface area contributed by atoms with E-state index in [9.17, 15) is 4.79 Å². The van der Waals surface area contributed by atoms with Gasteiger partial charge in [0.1, 0.15) is 0 Å². The molecule has 0 saturated heterocycles. The molecular formula is C14H21ClN2O. The molecule has 3 N–H and O–H groups in total. The van der Waals surface area contributed by atoms with Crippen LogP contribution >= 0.6 is 11.6 Å². The molecule has 1 atom stereocenters. The number of amides is 1. The number of benzene rings is 1. The van der Waals surface area contributed by atoms with Crippen molar-refractivity contribution in [3.8, 4) is 0 Å². The van der Waals surface area contributed by atoms with E-state index in [1.807, 2.05) is 6.92 Å². The van der Waals surface area contributed by atoms with Gasteiger partial charge in [-0.2, -0.15) is 0 Å². The summed E-state index contributed by atoms with van der Waals surface area (Å²) in [7, 11) is 0. The van der Waals surface area contributed by atoms with Crippen LogP contribution in [0.4, 0.5) is 0 Å². The maximum absolute atomic E-state index is 12.1. The second kappa shape index (κ2) is 5.72. The molecule has 0 aliphatic rings. The molecule has 0 saturated carbocycles. The molecule has 0 spiro atoms. The molecule has 1 unspecified atom stereocenters. The maximum Gasteiger partial charge on any atom is 0.251 e. The number of hydrogen-bond donors (Lipinski definition) is 2. The Morgan fingerprint density at radius 3 is 2.50 bits per heavy atom. The zero-order valence-corrected chi connectivity index (χ0v) is 12.1. The van der Waals surface area contributed by atoms with Crippen molar-refractivity contribution in [2.24, 2.45) is 11.1 Å². The summed E-state index contributed by atoms with van der Waals surface area (Å²) in [6, 6.07) is 5.19. The Bertz CT molecular complexity index is 438. The number of hydrogen-bond acceptors (Lipinski definition) is 2. The van der Waals surface area contributed by atoms with E-state index in [0.717, 1.165) is 5.56 Å². The Kier molecular flexibility index (Phi) is 4.77. The quantitative estimate of drug-likeness (QED) is 0.886.